The second-order valence-corrected chi connectivity index (χ2v) is 4.50. The van der Waals surface area contributed by atoms with E-state index < -0.39 is 0 Å². The van der Waals surface area contributed by atoms with Gasteiger partial charge in [-0.25, -0.2) is 4.98 Å². The predicted octanol–water partition coefficient (Wildman–Crippen LogP) is 2.25. The van der Waals surface area contributed by atoms with Gasteiger partial charge in [-0.15, -0.1) is 11.3 Å². The number of benzene rings is 1. The molecule has 4 nitrogen and oxygen atoms in total. The number of nitrogens with two attached hydrogens (primary N) is 1. The Kier molecular flexibility index (Phi) is 3.58. The number of hydrogen-bond donors (Lipinski definition) is 2. The quantitative estimate of drug-likeness (QED) is 0.809. The van der Waals surface area contributed by atoms with Gasteiger partial charge in [-0.05, 0) is 18.2 Å². The summed E-state index contributed by atoms with van der Waals surface area (Å²) in [5, 5.41) is 15.1. The summed E-state index contributed by atoms with van der Waals surface area (Å²) in [6.45, 7) is 0.757. The summed E-state index contributed by atoms with van der Waals surface area (Å²) in [5.74, 6) is 0. The second-order valence-electron chi connectivity index (χ2n) is 3.52. The smallest absolute Gasteiger partial charge is 0.0992 e. The maximum absolute atomic E-state index is 8.80. The van der Waals surface area contributed by atoms with E-state index in [4.69, 9.17) is 11.0 Å². The molecule has 5 heteroatoms. The molecule has 17 heavy (non-hydrogen) atoms. The number of thiazole rings is 1. The monoisotopic (exact) mass is 244 g/mol. The number of aromatic nitrogens is 1. The van der Waals surface area contributed by atoms with Crippen LogP contribution in [-0.4, -0.2) is 11.5 Å². The number of hydrogen-bond acceptors (Lipinski definition) is 5. The molecule has 0 saturated carbocycles. The summed E-state index contributed by atoms with van der Waals surface area (Å²) < 4.78 is 0. The summed E-state index contributed by atoms with van der Waals surface area (Å²) in [5.41, 5.74) is 7.89. The van der Waals surface area contributed by atoms with Crippen molar-refractivity contribution in [3.8, 4) is 6.07 Å². The minimum Gasteiger partial charge on any atom is -0.397 e. The average Bonchev–Trinajstić information content (AvgIpc) is 2.84. The molecule has 1 aromatic carbocycles. The van der Waals surface area contributed by atoms with Crippen LogP contribution in [-0.2, 0) is 6.42 Å². The summed E-state index contributed by atoms with van der Waals surface area (Å²) in [6, 6.07) is 7.30. The van der Waals surface area contributed by atoms with Crippen molar-refractivity contribution in [1.82, 2.24) is 4.98 Å². The molecule has 0 atom stereocenters. The molecule has 0 aliphatic rings. The van der Waals surface area contributed by atoms with Gasteiger partial charge in [0, 0.05) is 24.5 Å². The van der Waals surface area contributed by atoms with E-state index in [1.54, 1.807) is 35.7 Å². The van der Waals surface area contributed by atoms with Gasteiger partial charge in [0.25, 0.3) is 0 Å². The molecule has 0 spiro atoms. The standard InChI is InChI=1S/C12H12N4S/c13-8-9-1-2-10(14)11(7-9)15-4-3-12-16-5-6-17-12/h1-2,5-7,15H,3-4,14H2. The van der Waals surface area contributed by atoms with Gasteiger partial charge in [0.05, 0.1) is 28.0 Å². The number of nitrogens with zero attached hydrogens (tertiary/aromatic N) is 2. The van der Waals surface area contributed by atoms with Gasteiger partial charge in [0.1, 0.15) is 0 Å². The van der Waals surface area contributed by atoms with E-state index in [0.29, 0.717) is 11.3 Å². The minimum atomic E-state index is 0.607. The van der Waals surface area contributed by atoms with Crippen molar-refractivity contribution in [3.63, 3.8) is 0 Å². The maximum atomic E-state index is 8.80. The van der Waals surface area contributed by atoms with Crippen LogP contribution in [0.3, 0.4) is 0 Å². The first-order valence-corrected chi connectivity index (χ1v) is 6.09. The van der Waals surface area contributed by atoms with Crippen molar-refractivity contribution in [1.29, 1.82) is 5.26 Å². The van der Waals surface area contributed by atoms with E-state index in [9.17, 15) is 0 Å². The summed E-state index contributed by atoms with van der Waals surface area (Å²) in [6.07, 6.45) is 2.65. The third-order valence-electron chi connectivity index (χ3n) is 2.32. The zero-order chi connectivity index (χ0) is 12.1. The Morgan fingerprint density at radius 3 is 3.06 bits per heavy atom. The van der Waals surface area contributed by atoms with E-state index in [2.05, 4.69) is 16.4 Å². The number of nitrogen functional groups attached to an aromatic ring is 1. The van der Waals surface area contributed by atoms with Crippen LogP contribution in [0, 0.1) is 11.3 Å². The van der Waals surface area contributed by atoms with Crippen LogP contribution in [0.15, 0.2) is 29.8 Å². The summed E-state index contributed by atoms with van der Waals surface area (Å²) >= 11 is 1.64. The highest BCUT2D eigenvalue weighted by molar-refractivity contribution is 7.09. The topological polar surface area (TPSA) is 74.7 Å². The number of anilines is 2. The second kappa shape index (κ2) is 5.32. The predicted molar refractivity (Wildman–Crippen MR) is 69.9 cm³/mol. The van der Waals surface area contributed by atoms with Crippen molar-refractivity contribution >= 4 is 22.7 Å². The van der Waals surface area contributed by atoms with Crippen molar-refractivity contribution in [2.45, 2.75) is 6.42 Å². The SMILES string of the molecule is N#Cc1ccc(N)c(NCCc2nccs2)c1. The number of nitriles is 1. The lowest BCUT2D eigenvalue weighted by molar-refractivity contribution is 0.998. The lowest BCUT2D eigenvalue weighted by Crippen LogP contribution is -2.06. The fraction of sp³-hybridized carbons (Fsp3) is 0.167. The Bertz CT molecular complexity index is 528. The molecule has 0 aliphatic carbocycles. The molecule has 0 bridgehead atoms. The van der Waals surface area contributed by atoms with E-state index in [0.717, 1.165) is 23.7 Å². The molecule has 0 aliphatic heterocycles. The number of rotatable bonds is 4. The molecule has 86 valence electrons. The largest absolute Gasteiger partial charge is 0.397 e. The third-order valence-corrected chi connectivity index (χ3v) is 3.16. The zero-order valence-corrected chi connectivity index (χ0v) is 10.00. The van der Waals surface area contributed by atoms with E-state index in [1.165, 1.54) is 0 Å². The Balaban J connectivity index is 1.97. The fourth-order valence-corrected chi connectivity index (χ4v) is 2.08. The molecular weight excluding hydrogens is 232 g/mol. The maximum Gasteiger partial charge on any atom is 0.0992 e. The van der Waals surface area contributed by atoms with Gasteiger partial charge in [-0.3, -0.25) is 0 Å². The fourth-order valence-electron chi connectivity index (χ4n) is 1.46. The Hall–Kier alpha value is -2.06. The van der Waals surface area contributed by atoms with E-state index in [1.807, 2.05) is 5.38 Å². The number of nitrogens with one attached hydrogen (secondary N) is 1. The summed E-state index contributed by atoms with van der Waals surface area (Å²) in [7, 11) is 0. The lowest BCUT2D eigenvalue weighted by atomic mass is 10.2. The van der Waals surface area contributed by atoms with Crippen LogP contribution in [0.1, 0.15) is 10.6 Å². The molecule has 1 aromatic heterocycles. The van der Waals surface area contributed by atoms with Crippen LogP contribution in [0.2, 0.25) is 0 Å². The van der Waals surface area contributed by atoms with Gasteiger partial charge < -0.3 is 11.1 Å². The van der Waals surface area contributed by atoms with Gasteiger partial charge in [-0.2, -0.15) is 5.26 Å². The Labute approximate surface area is 104 Å². The molecule has 0 saturated heterocycles. The molecular formula is C12H12N4S. The molecule has 1 heterocycles. The first-order valence-electron chi connectivity index (χ1n) is 5.21. The highest BCUT2D eigenvalue weighted by atomic mass is 32.1. The third kappa shape index (κ3) is 2.95. The van der Waals surface area contributed by atoms with Crippen LogP contribution in [0.5, 0.6) is 0 Å². The molecule has 0 fully saturated rings. The summed E-state index contributed by atoms with van der Waals surface area (Å²) in [4.78, 5) is 4.20. The lowest BCUT2D eigenvalue weighted by Gasteiger charge is -2.08. The van der Waals surface area contributed by atoms with Gasteiger partial charge >= 0.3 is 0 Å². The van der Waals surface area contributed by atoms with Crippen LogP contribution in [0.25, 0.3) is 0 Å². The Morgan fingerprint density at radius 2 is 2.35 bits per heavy atom. The molecule has 2 rings (SSSR count). The first kappa shape index (κ1) is 11.4. The highest BCUT2D eigenvalue weighted by Gasteiger charge is 2.01. The zero-order valence-electron chi connectivity index (χ0n) is 9.18. The normalized spacial score (nSPS) is 9.82. The van der Waals surface area contributed by atoms with Gasteiger partial charge in [0.2, 0.25) is 0 Å². The Morgan fingerprint density at radius 1 is 1.47 bits per heavy atom. The average molecular weight is 244 g/mol. The van der Waals surface area contributed by atoms with E-state index in [-0.39, 0.29) is 0 Å². The van der Waals surface area contributed by atoms with Gasteiger partial charge in [0.15, 0.2) is 0 Å². The van der Waals surface area contributed by atoms with Crippen LogP contribution >= 0.6 is 11.3 Å². The first-order chi connectivity index (χ1) is 8.29. The molecule has 0 unspecified atom stereocenters. The van der Waals surface area contributed by atoms with Crippen LogP contribution < -0.4 is 11.1 Å². The van der Waals surface area contributed by atoms with Gasteiger partial charge in [-0.1, -0.05) is 0 Å². The minimum absolute atomic E-state index is 0.607. The van der Waals surface area contributed by atoms with Crippen LogP contribution in [0.4, 0.5) is 11.4 Å². The van der Waals surface area contributed by atoms with Crippen molar-refractivity contribution < 1.29 is 0 Å². The van der Waals surface area contributed by atoms with Crippen molar-refractivity contribution in [2.75, 3.05) is 17.6 Å². The highest BCUT2D eigenvalue weighted by Crippen LogP contribution is 2.19. The molecule has 2 aromatic rings. The van der Waals surface area contributed by atoms with Crippen molar-refractivity contribution in [2.24, 2.45) is 0 Å². The van der Waals surface area contributed by atoms with Crippen molar-refractivity contribution in [3.05, 3.63) is 40.3 Å². The molecule has 0 amide bonds. The van der Waals surface area contributed by atoms with E-state index >= 15 is 0 Å². The molecule has 0 radical (unpaired) electrons. The molecule has 3 N–H and O–H groups in total.